The summed E-state index contributed by atoms with van der Waals surface area (Å²) in [4.78, 5) is 36.6. The molecule has 130 valence electrons. The SMILES string of the molecule is Cc1cccc(NC(=O)NC(=O)CN2CCC(C(=O)O)CC2)c1C. The number of amides is 3. The summed E-state index contributed by atoms with van der Waals surface area (Å²) in [7, 11) is 0. The summed E-state index contributed by atoms with van der Waals surface area (Å²) in [6.45, 7) is 5.03. The van der Waals surface area contributed by atoms with Crippen molar-refractivity contribution < 1.29 is 19.5 Å². The molecule has 1 aromatic carbocycles. The lowest BCUT2D eigenvalue weighted by Crippen LogP contribution is -2.45. The summed E-state index contributed by atoms with van der Waals surface area (Å²) in [6.07, 6.45) is 1.05. The van der Waals surface area contributed by atoms with Gasteiger partial charge in [0.15, 0.2) is 0 Å². The van der Waals surface area contributed by atoms with Gasteiger partial charge in [0.25, 0.3) is 0 Å². The summed E-state index contributed by atoms with van der Waals surface area (Å²) in [5, 5.41) is 13.9. The second-order valence-electron chi connectivity index (χ2n) is 6.14. The molecule has 2 rings (SSSR count). The molecule has 24 heavy (non-hydrogen) atoms. The lowest BCUT2D eigenvalue weighted by molar-refractivity contribution is -0.143. The first-order valence-electron chi connectivity index (χ1n) is 7.99. The zero-order chi connectivity index (χ0) is 17.7. The van der Waals surface area contributed by atoms with Crippen LogP contribution >= 0.6 is 0 Å². The molecule has 3 amide bonds. The van der Waals surface area contributed by atoms with Crippen molar-refractivity contribution in [1.82, 2.24) is 10.2 Å². The fourth-order valence-electron chi connectivity index (χ4n) is 2.75. The van der Waals surface area contributed by atoms with Crippen molar-refractivity contribution in [2.45, 2.75) is 26.7 Å². The maximum absolute atomic E-state index is 11.9. The number of nitrogens with zero attached hydrogens (tertiary/aromatic N) is 1. The molecule has 0 aliphatic carbocycles. The Balaban J connectivity index is 1.79. The summed E-state index contributed by atoms with van der Waals surface area (Å²) in [5.74, 6) is -1.52. The maximum Gasteiger partial charge on any atom is 0.325 e. The van der Waals surface area contributed by atoms with Crippen LogP contribution in [0.4, 0.5) is 10.5 Å². The van der Waals surface area contributed by atoms with Crippen molar-refractivity contribution in [2.24, 2.45) is 5.92 Å². The fraction of sp³-hybridized carbons (Fsp3) is 0.471. The number of imide groups is 1. The van der Waals surface area contributed by atoms with E-state index in [0.717, 1.165) is 11.1 Å². The number of likely N-dealkylation sites (tertiary alicyclic amines) is 1. The van der Waals surface area contributed by atoms with Gasteiger partial charge in [0.1, 0.15) is 0 Å². The molecule has 0 atom stereocenters. The molecule has 0 unspecified atom stereocenters. The molecule has 0 radical (unpaired) electrons. The number of carbonyl (C=O) groups excluding carboxylic acids is 2. The van der Waals surface area contributed by atoms with E-state index in [-0.39, 0.29) is 12.5 Å². The topological polar surface area (TPSA) is 98.7 Å². The standard InChI is InChI=1S/C17H23N3O4/c1-11-4-3-5-14(12(11)2)18-17(24)19-15(21)10-20-8-6-13(7-9-20)16(22)23/h3-5,13H,6-10H2,1-2H3,(H,22,23)(H2,18,19,21,24). The molecule has 0 spiro atoms. The molecule has 1 heterocycles. The summed E-state index contributed by atoms with van der Waals surface area (Å²) in [6, 6.07) is 5.01. The van der Waals surface area contributed by atoms with Crippen LogP contribution in [0.2, 0.25) is 0 Å². The number of hydrogen-bond acceptors (Lipinski definition) is 4. The van der Waals surface area contributed by atoms with Crippen molar-refractivity contribution in [3.05, 3.63) is 29.3 Å². The van der Waals surface area contributed by atoms with Crippen molar-refractivity contribution >= 4 is 23.6 Å². The highest BCUT2D eigenvalue weighted by Crippen LogP contribution is 2.18. The molecule has 0 aromatic heterocycles. The van der Waals surface area contributed by atoms with Crippen LogP contribution in [0.1, 0.15) is 24.0 Å². The summed E-state index contributed by atoms with van der Waals surface area (Å²) >= 11 is 0. The molecule has 1 aliphatic heterocycles. The molecule has 1 saturated heterocycles. The van der Waals surface area contributed by atoms with E-state index in [1.807, 2.05) is 30.9 Å². The van der Waals surface area contributed by atoms with E-state index in [1.54, 1.807) is 6.07 Å². The number of carbonyl (C=O) groups is 3. The largest absolute Gasteiger partial charge is 0.481 e. The first-order chi connectivity index (χ1) is 11.4. The number of piperidine rings is 1. The molecule has 0 bridgehead atoms. The number of aliphatic carboxylic acids is 1. The Morgan fingerprint density at radius 1 is 1.21 bits per heavy atom. The number of nitrogens with one attached hydrogen (secondary N) is 2. The average Bonchev–Trinajstić information content (AvgIpc) is 2.52. The van der Waals surface area contributed by atoms with Crippen molar-refractivity contribution in [1.29, 1.82) is 0 Å². The molecule has 0 saturated carbocycles. The number of hydrogen-bond donors (Lipinski definition) is 3. The van der Waals surface area contributed by atoms with E-state index in [1.165, 1.54) is 0 Å². The van der Waals surface area contributed by atoms with Gasteiger partial charge in [-0.15, -0.1) is 0 Å². The molecule has 1 aliphatic rings. The smallest absolute Gasteiger partial charge is 0.325 e. The van der Waals surface area contributed by atoms with Crippen molar-refractivity contribution in [2.75, 3.05) is 25.0 Å². The molecule has 7 nitrogen and oxygen atoms in total. The number of anilines is 1. The molecule has 1 fully saturated rings. The number of carboxylic acid groups (broad SMARTS) is 1. The van der Waals surface area contributed by atoms with E-state index in [9.17, 15) is 14.4 Å². The highest BCUT2D eigenvalue weighted by atomic mass is 16.4. The third-order valence-electron chi connectivity index (χ3n) is 4.41. The monoisotopic (exact) mass is 333 g/mol. The predicted molar refractivity (Wildman–Crippen MR) is 89.9 cm³/mol. The lowest BCUT2D eigenvalue weighted by Gasteiger charge is -2.29. The number of rotatable bonds is 4. The highest BCUT2D eigenvalue weighted by molar-refractivity contribution is 6.02. The quantitative estimate of drug-likeness (QED) is 0.780. The first-order valence-corrected chi connectivity index (χ1v) is 7.99. The van der Waals surface area contributed by atoms with Crippen molar-refractivity contribution in [3.63, 3.8) is 0 Å². The van der Waals surface area contributed by atoms with Crippen LogP contribution in [0, 0.1) is 19.8 Å². The Morgan fingerprint density at radius 2 is 1.88 bits per heavy atom. The van der Waals surface area contributed by atoms with Gasteiger partial charge in [-0.2, -0.15) is 0 Å². The van der Waals surface area contributed by atoms with E-state index in [2.05, 4.69) is 10.6 Å². The van der Waals surface area contributed by atoms with Crippen LogP contribution in [0.5, 0.6) is 0 Å². The Labute approximate surface area is 141 Å². The van der Waals surface area contributed by atoms with Gasteiger partial charge in [-0.1, -0.05) is 12.1 Å². The van der Waals surface area contributed by atoms with Gasteiger partial charge in [-0.05, 0) is 57.0 Å². The Kier molecular flexibility index (Phi) is 5.92. The predicted octanol–water partition coefficient (Wildman–Crippen LogP) is 1.75. The Morgan fingerprint density at radius 3 is 2.50 bits per heavy atom. The Hall–Kier alpha value is -2.41. The minimum Gasteiger partial charge on any atom is -0.481 e. The third kappa shape index (κ3) is 4.79. The number of benzene rings is 1. The van der Waals surface area contributed by atoms with E-state index < -0.39 is 17.9 Å². The van der Waals surface area contributed by atoms with Gasteiger partial charge in [-0.25, -0.2) is 4.79 Å². The van der Waals surface area contributed by atoms with E-state index in [0.29, 0.717) is 31.6 Å². The van der Waals surface area contributed by atoms with Crippen LogP contribution in [0.25, 0.3) is 0 Å². The molecular weight excluding hydrogens is 310 g/mol. The van der Waals surface area contributed by atoms with Gasteiger partial charge in [0, 0.05) is 5.69 Å². The highest BCUT2D eigenvalue weighted by Gasteiger charge is 2.25. The van der Waals surface area contributed by atoms with Gasteiger partial charge in [0.05, 0.1) is 12.5 Å². The van der Waals surface area contributed by atoms with Gasteiger partial charge in [-0.3, -0.25) is 19.8 Å². The Bertz CT molecular complexity index is 637. The summed E-state index contributed by atoms with van der Waals surface area (Å²) < 4.78 is 0. The second kappa shape index (κ2) is 7.92. The fourth-order valence-corrected chi connectivity index (χ4v) is 2.75. The number of carboxylic acids is 1. The zero-order valence-corrected chi connectivity index (χ0v) is 14.0. The van der Waals surface area contributed by atoms with Crippen LogP contribution < -0.4 is 10.6 Å². The number of urea groups is 1. The molecule has 1 aromatic rings. The van der Waals surface area contributed by atoms with Gasteiger partial charge in [0.2, 0.25) is 5.91 Å². The second-order valence-corrected chi connectivity index (χ2v) is 6.14. The number of aryl methyl sites for hydroxylation is 1. The first kappa shape index (κ1) is 17.9. The molecule has 7 heteroatoms. The minimum atomic E-state index is -0.785. The van der Waals surface area contributed by atoms with Crippen LogP contribution in [0.3, 0.4) is 0 Å². The third-order valence-corrected chi connectivity index (χ3v) is 4.41. The van der Waals surface area contributed by atoms with Crippen LogP contribution in [-0.4, -0.2) is 47.5 Å². The van der Waals surface area contributed by atoms with E-state index >= 15 is 0 Å². The van der Waals surface area contributed by atoms with Gasteiger partial charge >= 0.3 is 12.0 Å². The maximum atomic E-state index is 11.9. The van der Waals surface area contributed by atoms with Crippen LogP contribution in [0.15, 0.2) is 18.2 Å². The van der Waals surface area contributed by atoms with E-state index in [4.69, 9.17) is 5.11 Å². The lowest BCUT2D eigenvalue weighted by atomic mass is 9.97. The van der Waals surface area contributed by atoms with Crippen molar-refractivity contribution in [3.8, 4) is 0 Å². The molecule has 3 N–H and O–H groups in total. The average molecular weight is 333 g/mol. The molecular formula is C17H23N3O4. The zero-order valence-electron chi connectivity index (χ0n) is 14.0. The normalized spacial score (nSPS) is 15.8. The van der Waals surface area contributed by atoms with Gasteiger partial charge < -0.3 is 10.4 Å². The van der Waals surface area contributed by atoms with Crippen LogP contribution in [-0.2, 0) is 9.59 Å². The summed E-state index contributed by atoms with van der Waals surface area (Å²) in [5.41, 5.74) is 2.68. The minimum absolute atomic E-state index is 0.0898.